The molecule has 3 nitrogen and oxygen atoms in total. The van der Waals surface area contributed by atoms with Crippen molar-refractivity contribution in [1.82, 2.24) is 0 Å². The molecule has 0 bridgehead atoms. The SMILES string of the molecule is CC(=O)SCC(=O)C(C)(C)CO. The van der Waals surface area contributed by atoms with Crippen molar-refractivity contribution >= 4 is 22.7 Å². The number of thioether (sulfide) groups is 1. The summed E-state index contributed by atoms with van der Waals surface area (Å²) in [5.74, 6) is 0.0632. The van der Waals surface area contributed by atoms with Crippen LogP contribution in [-0.4, -0.2) is 28.4 Å². The second kappa shape index (κ2) is 4.62. The lowest BCUT2D eigenvalue weighted by atomic mass is 9.90. The zero-order chi connectivity index (χ0) is 9.78. The maximum absolute atomic E-state index is 11.3. The van der Waals surface area contributed by atoms with Crippen LogP contribution in [0.4, 0.5) is 0 Å². The second-order valence-corrected chi connectivity index (χ2v) is 4.40. The first-order chi connectivity index (χ1) is 5.40. The van der Waals surface area contributed by atoms with Crippen LogP contribution in [0.2, 0.25) is 0 Å². The van der Waals surface area contributed by atoms with E-state index < -0.39 is 5.41 Å². The van der Waals surface area contributed by atoms with E-state index in [0.717, 1.165) is 11.8 Å². The molecule has 0 radical (unpaired) electrons. The van der Waals surface area contributed by atoms with E-state index in [4.69, 9.17) is 5.11 Å². The molecule has 0 aliphatic heterocycles. The first kappa shape index (κ1) is 11.6. The Bertz CT molecular complexity index is 187. The standard InChI is InChI=1S/C8H14O3S/c1-6(10)12-4-7(11)8(2,3)5-9/h9H,4-5H2,1-3H3. The summed E-state index contributed by atoms with van der Waals surface area (Å²) in [5, 5.41) is 8.74. The number of carbonyl (C=O) groups is 2. The lowest BCUT2D eigenvalue weighted by Crippen LogP contribution is -2.30. The van der Waals surface area contributed by atoms with Gasteiger partial charge >= 0.3 is 0 Å². The van der Waals surface area contributed by atoms with Gasteiger partial charge in [-0.1, -0.05) is 25.6 Å². The molecule has 0 rings (SSSR count). The molecule has 0 spiro atoms. The highest BCUT2D eigenvalue weighted by molar-refractivity contribution is 8.14. The predicted octanol–water partition coefficient (Wildman–Crippen LogP) is 0.854. The predicted molar refractivity (Wildman–Crippen MR) is 49.0 cm³/mol. The fourth-order valence-corrected chi connectivity index (χ4v) is 1.18. The van der Waals surface area contributed by atoms with Gasteiger partial charge in [0, 0.05) is 12.3 Å². The Kier molecular flexibility index (Phi) is 4.49. The molecule has 0 unspecified atom stereocenters. The average Bonchev–Trinajstić information content (AvgIpc) is 2.00. The Balaban J connectivity index is 3.96. The van der Waals surface area contributed by atoms with Crippen molar-refractivity contribution in [3.8, 4) is 0 Å². The first-order valence-electron chi connectivity index (χ1n) is 3.67. The third kappa shape index (κ3) is 3.88. The molecule has 0 aromatic heterocycles. The summed E-state index contributed by atoms with van der Waals surface area (Å²) in [6.07, 6.45) is 0. The van der Waals surface area contributed by atoms with Crippen LogP contribution in [0.3, 0.4) is 0 Å². The summed E-state index contributed by atoms with van der Waals surface area (Å²) in [4.78, 5) is 21.8. The van der Waals surface area contributed by atoms with Gasteiger partial charge in [-0.25, -0.2) is 0 Å². The lowest BCUT2D eigenvalue weighted by molar-refractivity contribution is -0.126. The second-order valence-electron chi connectivity index (χ2n) is 3.25. The minimum Gasteiger partial charge on any atom is -0.395 e. The molecule has 0 atom stereocenters. The molecule has 0 amide bonds. The van der Waals surface area contributed by atoms with Gasteiger partial charge in [-0.3, -0.25) is 9.59 Å². The normalized spacial score (nSPS) is 11.3. The van der Waals surface area contributed by atoms with Crippen molar-refractivity contribution in [2.45, 2.75) is 20.8 Å². The van der Waals surface area contributed by atoms with Crippen molar-refractivity contribution in [3.05, 3.63) is 0 Å². The van der Waals surface area contributed by atoms with E-state index in [1.807, 2.05) is 0 Å². The van der Waals surface area contributed by atoms with Crippen molar-refractivity contribution in [1.29, 1.82) is 0 Å². The van der Waals surface area contributed by atoms with Crippen LogP contribution in [0, 0.1) is 5.41 Å². The van der Waals surface area contributed by atoms with Gasteiger partial charge in [0.1, 0.15) is 0 Å². The quantitative estimate of drug-likeness (QED) is 0.714. The number of hydrogen-bond donors (Lipinski definition) is 1. The van der Waals surface area contributed by atoms with Crippen LogP contribution in [-0.2, 0) is 9.59 Å². The van der Waals surface area contributed by atoms with Crippen molar-refractivity contribution in [2.24, 2.45) is 5.41 Å². The third-order valence-electron chi connectivity index (χ3n) is 1.56. The Morgan fingerprint density at radius 2 is 1.92 bits per heavy atom. The van der Waals surface area contributed by atoms with Crippen molar-refractivity contribution in [3.63, 3.8) is 0 Å². The number of hydrogen-bond acceptors (Lipinski definition) is 4. The summed E-state index contributed by atoms with van der Waals surface area (Å²) >= 11 is 0.982. The maximum Gasteiger partial charge on any atom is 0.186 e. The Morgan fingerprint density at radius 1 is 1.42 bits per heavy atom. The number of carbonyl (C=O) groups excluding carboxylic acids is 2. The smallest absolute Gasteiger partial charge is 0.186 e. The molecule has 0 fully saturated rings. The number of aliphatic hydroxyl groups excluding tert-OH is 1. The molecular formula is C8H14O3S. The van der Waals surface area contributed by atoms with Gasteiger partial charge in [-0.2, -0.15) is 0 Å². The average molecular weight is 190 g/mol. The van der Waals surface area contributed by atoms with Gasteiger partial charge in [-0.05, 0) is 0 Å². The minimum absolute atomic E-state index is 0.0721. The largest absolute Gasteiger partial charge is 0.395 e. The lowest BCUT2D eigenvalue weighted by Gasteiger charge is -2.18. The Labute approximate surface area is 76.5 Å². The fourth-order valence-electron chi connectivity index (χ4n) is 0.451. The summed E-state index contributed by atoms with van der Waals surface area (Å²) in [6.45, 7) is 4.57. The van der Waals surface area contributed by atoms with Crippen LogP contribution >= 0.6 is 11.8 Å². The Hall–Kier alpha value is -0.350. The van der Waals surface area contributed by atoms with Crippen LogP contribution in [0.25, 0.3) is 0 Å². The molecule has 0 aromatic rings. The van der Waals surface area contributed by atoms with Gasteiger partial charge < -0.3 is 5.11 Å². The molecule has 12 heavy (non-hydrogen) atoms. The van der Waals surface area contributed by atoms with Gasteiger partial charge in [0.2, 0.25) is 0 Å². The molecular weight excluding hydrogens is 176 g/mol. The monoisotopic (exact) mass is 190 g/mol. The van der Waals surface area contributed by atoms with Crippen LogP contribution in [0.5, 0.6) is 0 Å². The molecule has 0 saturated carbocycles. The fraction of sp³-hybridized carbons (Fsp3) is 0.750. The molecule has 1 N–H and O–H groups in total. The van der Waals surface area contributed by atoms with E-state index in [2.05, 4.69) is 0 Å². The highest BCUT2D eigenvalue weighted by atomic mass is 32.2. The third-order valence-corrected chi connectivity index (χ3v) is 2.37. The molecule has 0 aliphatic carbocycles. The molecule has 0 heterocycles. The molecule has 4 heteroatoms. The molecule has 0 aliphatic rings. The van der Waals surface area contributed by atoms with Crippen molar-refractivity contribution < 1.29 is 14.7 Å². The highest BCUT2D eigenvalue weighted by Crippen LogP contribution is 2.18. The van der Waals surface area contributed by atoms with E-state index >= 15 is 0 Å². The van der Waals surface area contributed by atoms with E-state index in [-0.39, 0.29) is 23.3 Å². The maximum atomic E-state index is 11.3. The zero-order valence-corrected chi connectivity index (χ0v) is 8.40. The van der Waals surface area contributed by atoms with Gasteiger partial charge in [0.25, 0.3) is 0 Å². The van der Waals surface area contributed by atoms with E-state index in [0.29, 0.717) is 0 Å². The topological polar surface area (TPSA) is 54.4 Å². The Morgan fingerprint density at radius 3 is 2.25 bits per heavy atom. The number of ketones is 1. The molecule has 0 aromatic carbocycles. The summed E-state index contributed by atoms with van der Waals surface area (Å²) in [5.41, 5.74) is -0.720. The number of aliphatic hydroxyl groups is 1. The van der Waals surface area contributed by atoms with Crippen molar-refractivity contribution in [2.75, 3.05) is 12.4 Å². The minimum atomic E-state index is -0.720. The summed E-state index contributed by atoms with van der Waals surface area (Å²) < 4.78 is 0. The summed E-state index contributed by atoms with van der Waals surface area (Å²) in [6, 6.07) is 0. The summed E-state index contributed by atoms with van der Waals surface area (Å²) in [7, 11) is 0. The van der Waals surface area contributed by atoms with Crippen LogP contribution in [0.1, 0.15) is 20.8 Å². The highest BCUT2D eigenvalue weighted by Gasteiger charge is 2.26. The van der Waals surface area contributed by atoms with Gasteiger partial charge in [-0.15, -0.1) is 0 Å². The van der Waals surface area contributed by atoms with E-state index in [1.54, 1.807) is 13.8 Å². The number of rotatable bonds is 4. The number of Topliss-reactive ketones (excluding diaryl/α,β-unsaturated/α-hetero) is 1. The van der Waals surface area contributed by atoms with Crippen LogP contribution < -0.4 is 0 Å². The first-order valence-corrected chi connectivity index (χ1v) is 4.66. The zero-order valence-electron chi connectivity index (χ0n) is 7.59. The molecule has 70 valence electrons. The van der Waals surface area contributed by atoms with E-state index in [1.165, 1.54) is 6.92 Å². The molecule has 0 saturated heterocycles. The van der Waals surface area contributed by atoms with Gasteiger partial charge in [0.15, 0.2) is 10.9 Å². The van der Waals surface area contributed by atoms with Gasteiger partial charge in [0.05, 0.1) is 12.4 Å². The van der Waals surface area contributed by atoms with E-state index in [9.17, 15) is 9.59 Å². The van der Waals surface area contributed by atoms with Crippen LogP contribution in [0.15, 0.2) is 0 Å².